The van der Waals surface area contributed by atoms with Crippen LogP contribution in [0.3, 0.4) is 0 Å². The van der Waals surface area contributed by atoms with Gasteiger partial charge in [0.2, 0.25) is 5.95 Å². The summed E-state index contributed by atoms with van der Waals surface area (Å²) in [6, 6.07) is 5.11. The zero-order valence-electron chi connectivity index (χ0n) is 19.1. The summed E-state index contributed by atoms with van der Waals surface area (Å²) in [4.78, 5) is 24.5. The third kappa shape index (κ3) is 2.78. The van der Waals surface area contributed by atoms with Crippen molar-refractivity contribution in [2.24, 2.45) is 0 Å². The van der Waals surface area contributed by atoms with Crippen molar-refractivity contribution in [3.05, 3.63) is 40.6 Å². The number of aromatic nitrogens is 2. The summed E-state index contributed by atoms with van der Waals surface area (Å²) in [5.41, 5.74) is 2.38. The van der Waals surface area contributed by atoms with Crippen molar-refractivity contribution in [3.63, 3.8) is 0 Å². The Balaban J connectivity index is 1.44. The van der Waals surface area contributed by atoms with Gasteiger partial charge in [-0.25, -0.2) is 14.8 Å². The van der Waals surface area contributed by atoms with E-state index in [2.05, 4.69) is 10.3 Å². The Morgan fingerprint density at radius 3 is 2.68 bits per heavy atom. The summed E-state index contributed by atoms with van der Waals surface area (Å²) < 4.78 is 29.4. The van der Waals surface area contributed by atoms with Gasteiger partial charge in [-0.05, 0) is 50.3 Å². The molecule has 2 amide bonds. The van der Waals surface area contributed by atoms with Gasteiger partial charge < -0.3 is 20.4 Å². The van der Waals surface area contributed by atoms with Crippen LogP contribution in [-0.4, -0.2) is 62.6 Å². The number of aryl methyl sites for hydroxylation is 1. The molecule has 34 heavy (non-hydrogen) atoms. The van der Waals surface area contributed by atoms with Gasteiger partial charge >= 0.3 is 6.03 Å². The first-order valence-corrected chi connectivity index (χ1v) is 11.8. The molecule has 1 spiro atoms. The molecule has 3 heterocycles. The van der Waals surface area contributed by atoms with Crippen LogP contribution in [0.4, 0.5) is 19.5 Å². The topological polar surface area (TPSA) is 102 Å². The number of likely N-dealkylation sites (N-methyl/N-ethyl adjacent to an activating group) is 1. The molecule has 1 unspecified atom stereocenters. The van der Waals surface area contributed by atoms with Gasteiger partial charge in [-0.2, -0.15) is 8.78 Å². The monoisotopic (exact) mass is 471 g/mol. The summed E-state index contributed by atoms with van der Waals surface area (Å²) in [7, 11) is 0. The fourth-order valence-electron chi connectivity index (χ4n) is 5.90. The zero-order chi connectivity index (χ0) is 24.0. The largest absolute Gasteiger partial charge is 0.389 e. The molecule has 8 nitrogen and oxygen atoms in total. The molecule has 10 heteroatoms. The number of urea groups is 1. The Labute approximate surface area is 195 Å². The number of aliphatic hydroxyl groups is 2. The Bertz CT molecular complexity index is 1210. The van der Waals surface area contributed by atoms with E-state index in [1.165, 1.54) is 4.90 Å². The number of hydrogen-bond donors (Lipinski definition) is 3. The van der Waals surface area contributed by atoms with Gasteiger partial charge in [0.1, 0.15) is 11.2 Å². The Morgan fingerprint density at radius 2 is 2.00 bits per heavy atom. The average Bonchev–Trinajstić information content (AvgIpc) is 3.42. The van der Waals surface area contributed by atoms with Crippen LogP contribution in [0.2, 0.25) is 0 Å². The van der Waals surface area contributed by atoms with E-state index in [0.717, 1.165) is 11.1 Å². The highest BCUT2D eigenvalue weighted by molar-refractivity contribution is 5.80. The van der Waals surface area contributed by atoms with E-state index >= 15 is 0 Å². The molecule has 0 saturated carbocycles. The fourth-order valence-corrected chi connectivity index (χ4v) is 5.90. The number of amides is 2. The van der Waals surface area contributed by atoms with E-state index in [9.17, 15) is 23.8 Å². The summed E-state index contributed by atoms with van der Waals surface area (Å²) in [6.07, 6.45) is -0.409. The minimum absolute atomic E-state index is 0.192. The second-order valence-corrected chi connectivity index (χ2v) is 9.80. The number of nitrogens with zero attached hydrogens (tertiary/aromatic N) is 4. The minimum atomic E-state index is -3.02. The lowest BCUT2D eigenvalue weighted by atomic mass is 9.89. The molecular formula is C24H27F2N5O3. The number of carbonyl (C=O) groups is 1. The maximum absolute atomic E-state index is 14.7. The maximum Gasteiger partial charge on any atom is 0.320 e. The lowest BCUT2D eigenvalue weighted by molar-refractivity contribution is -0.00605. The molecule has 0 bridgehead atoms. The highest BCUT2D eigenvalue weighted by Gasteiger charge is 2.54. The molecule has 3 N–H and O–H groups in total. The van der Waals surface area contributed by atoms with Gasteiger partial charge in [-0.15, -0.1) is 0 Å². The molecule has 2 aliphatic carbocycles. The molecule has 1 aromatic heterocycles. The fraction of sp³-hybridized carbons (Fsp3) is 0.542. The van der Waals surface area contributed by atoms with Crippen LogP contribution >= 0.6 is 0 Å². The first-order valence-electron chi connectivity index (χ1n) is 11.8. The predicted molar refractivity (Wildman–Crippen MR) is 119 cm³/mol. The van der Waals surface area contributed by atoms with Crippen molar-refractivity contribution in [1.29, 1.82) is 0 Å². The van der Waals surface area contributed by atoms with Gasteiger partial charge in [0.25, 0.3) is 5.92 Å². The molecular weight excluding hydrogens is 444 g/mol. The van der Waals surface area contributed by atoms with Crippen molar-refractivity contribution >= 4 is 12.0 Å². The van der Waals surface area contributed by atoms with Crippen molar-refractivity contribution in [2.75, 3.05) is 18.0 Å². The number of anilines is 1. The smallest absolute Gasteiger partial charge is 0.320 e. The van der Waals surface area contributed by atoms with Gasteiger partial charge in [0.05, 0.1) is 17.8 Å². The summed E-state index contributed by atoms with van der Waals surface area (Å²) in [5.74, 6) is -2.81. The number of carbonyl (C=O) groups excluding carboxylic acids is 1. The predicted octanol–water partition coefficient (Wildman–Crippen LogP) is 2.26. The lowest BCUT2D eigenvalue weighted by Crippen LogP contribution is -2.59. The molecule has 2 aliphatic heterocycles. The standard InChI is InChI=1S/C24H27F2N5O3/c1-3-30-20(33)23(29-22(30)34)8-6-13-10-14(4-5-16(13)23)18-15-7-9-24(25,26)19(15)28-21(27-18)31-11-17(32)12(31)2/h4-5,10,12,17,20,32-33H,3,6-9,11H2,1-2H3,(H,29,34)/t12-,17+,20?,23-/m0/s1. The van der Waals surface area contributed by atoms with E-state index in [-0.39, 0.29) is 36.6 Å². The molecule has 2 fully saturated rings. The number of β-amino-alcohol motifs (C(OH)–C–C–N with tert-alkyl or cyclic N) is 1. The second kappa shape index (κ2) is 7.08. The zero-order valence-corrected chi connectivity index (χ0v) is 19.1. The molecule has 4 aliphatic rings. The normalized spacial score (nSPS) is 31.0. The Morgan fingerprint density at radius 1 is 1.21 bits per heavy atom. The second-order valence-electron chi connectivity index (χ2n) is 9.80. The van der Waals surface area contributed by atoms with E-state index in [1.54, 1.807) is 4.90 Å². The number of alkyl halides is 2. The van der Waals surface area contributed by atoms with E-state index in [1.807, 2.05) is 32.0 Å². The lowest BCUT2D eigenvalue weighted by Gasteiger charge is -2.43. The SMILES string of the molecule is CCN1C(=O)N[C@]2(CCc3cc(-c4nc(N5C[C@@H](O)[C@@H]5C)nc5c4CCC5(F)F)ccc32)C1O. The molecule has 2 saturated heterocycles. The number of hydrogen-bond acceptors (Lipinski definition) is 6. The number of nitrogens with one attached hydrogen (secondary N) is 1. The first kappa shape index (κ1) is 21.7. The van der Waals surface area contributed by atoms with Gasteiger partial charge in [-0.3, -0.25) is 4.90 Å². The van der Waals surface area contributed by atoms with E-state index in [0.29, 0.717) is 42.8 Å². The van der Waals surface area contributed by atoms with Crippen LogP contribution in [0, 0.1) is 0 Å². The third-order valence-corrected chi connectivity index (χ3v) is 8.04. The Hall–Kier alpha value is -2.85. The summed E-state index contributed by atoms with van der Waals surface area (Å²) in [5, 5.41) is 23.8. The number of fused-ring (bicyclic) bond motifs is 3. The Kier molecular flexibility index (Phi) is 4.51. The van der Waals surface area contributed by atoms with Crippen LogP contribution in [-0.2, 0) is 24.3 Å². The highest BCUT2D eigenvalue weighted by atomic mass is 19.3. The van der Waals surface area contributed by atoms with Gasteiger partial charge in [-0.1, -0.05) is 12.1 Å². The molecule has 1 aromatic carbocycles. The van der Waals surface area contributed by atoms with E-state index in [4.69, 9.17) is 4.98 Å². The number of halogens is 2. The summed E-state index contributed by atoms with van der Waals surface area (Å²) in [6.45, 7) is 4.35. The maximum atomic E-state index is 14.7. The third-order valence-electron chi connectivity index (χ3n) is 8.04. The molecule has 2 aromatic rings. The van der Waals surface area contributed by atoms with Gasteiger partial charge in [0.15, 0.2) is 6.23 Å². The molecule has 0 radical (unpaired) electrons. The van der Waals surface area contributed by atoms with E-state index < -0.39 is 23.8 Å². The summed E-state index contributed by atoms with van der Waals surface area (Å²) >= 11 is 0. The van der Waals surface area contributed by atoms with Gasteiger partial charge in [0, 0.05) is 30.6 Å². The average molecular weight is 472 g/mol. The molecule has 4 atom stereocenters. The number of rotatable bonds is 3. The quantitative estimate of drug-likeness (QED) is 0.635. The minimum Gasteiger partial charge on any atom is -0.389 e. The number of benzene rings is 1. The van der Waals surface area contributed by atoms with Crippen molar-refractivity contribution < 1.29 is 23.8 Å². The van der Waals surface area contributed by atoms with Crippen LogP contribution in [0.15, 0.2) is 18.2 Å². The highest BCUT2D eigenvalue weighted by Crippen LogP contribution is 2.47. The van der Waals surface area contributed by atoms with Crippen LogP contribution in [0.1, 0.15) is 49.1 Å². The molecule has 6 rings (SSSR count). The number of aliphatic hydroxyl groups excluding tert-OH is 2. The van der Waals surface area contributed by atoms with Crippen molar-refractivity contribution in [2.45, 2.75) is 69.4 Å². The van der Waals surface area contributed by atoms with Crippen molar-refractivity contribution in [3.8, 4) is 11.3 Å². The van der Waals surface area contributed by atoms with Crippen molar-refractivity contribution in [1.82, 2.24) is 20.2 Å². The van der Waals surface area contributed by atoms with Crippen LogP contribution in [0.5, 0.6) is 0 Å². The van der Waals surface area contributed by atoms with Crippen LogP contribution < -0.4 is 10.2 Å². The molecule has 180 valence electrons. The first-order chi connectivity index (χ1) is 16.2. The van der Waals surface area contributed by atoms with Crippen LogP contribution in [0.25, 0.3) is 11.3 Å².